The van der Waals surface area contributed by atoms with Gasteiger partial charge in [-0.1, -0.05) is 6.07 Å². The number of nitrogens with one attached hydrogen (secondary N) is 1. The van der Waals surface area contributed by atoms with Gasteiger partial charge in [-0.3, -0.25) is 14.5 Å². The Morgan fingerprint density at radius 2 is 1.68 bits per heavy atom. The van der Waals surface area contributed by atoms with Crippen molar-refractivity contribution in [1.82, 2.24) is 9.88 Å². The quantitative estimate of drug-likeness (QED) is 0.566. The number of likely N-dealkylation sites (tertiary alicyclic amines) is 1. The summed E-state index contributed by atoms with van der Waals surface area (Å²) in [6.45, 7) is 4.79. The zero-order valence-corrected chi connectivity index (χ0v) is 20.9. The Bertz CT molecular complexity index is 932. The summed E-state index contributed by atoms with van der Waals surface area (Å²) in [6, 6.07) is 12.8. The fourth-order valence-corrected chi connectivity index (χ4v) is 4.15. The third kappa shape index (κ3) is 9.33. The number of benzene rings is 1. The lowest BCUT2D eigenvalue weighted by molar-refractivity contribution is 0.0841. The minimum Gasteiger partial charge on any atom is -0.303 e. The summed E-state index contributed by atoms with van der Waals surface area (Å²) < 4.78 is 25.0. The van der Waals surface area contributed by atoms with Crippen LogP contribution in [0.25, 0.3) is 0 Å². The van der Waals surface area contributed by atoms with Crippen molar-refractivity contribution in [3.8, 4) is 0 Å². The average Bonchev–Trinajstić information content (AvgIpc) is 2.66. The van der Waals surface area contributed by atoms with Crippen molar-refractivity contribution in [3.05, 3.63) is 59.4 Å². The summed E-state index contributed by atoms with van der Waals surface area (Å²) in [4.78, 5) is 19.7. The van der Waals surface area contributed by atoms with Crippen LogP contribution in [0.1, 0.15) is 34.6 Å². The SMILES string of the molecule is Cc1cccc(CCN2CCC(C(=O)c3ccc(NS(C)(=O)=O)cc3)CC2)n1.Cl.Cl.Cl. The molecule has 1 aliphatic rings. The maximum absolute atomic E-state index is 12.8. The molecule has 0 saturated carbocycles. The highest BCUT2D eigenvalue weighted by molar-refractivity contribution is 7.92. The first-order valence-corrected chi connectivity index (χ1v) is 11.5. The average molecular weight is 511 g/mol. The molecule has 1 N–H and O–H groups in total. The molecule has 0 radical (unpaired) electrons. The number of halogens is 3. The number of Topliss-reactive ketones (excluding diaryl/α,β-unsaturated/α-hetero) is 1. The third-order valence-corrected chi connectivity index (χ3v) is 5.67. The lowest BCUT2D eigenvalue weighted by Crippen LogP contribution is -2.37. The molecule has 0 atom stereocenters. The number of pyridine rings is 1. The minimum atomic E-state index is -3.31. The Hall–Kier alpha value is -1.38. The topological polar surface area (TPSA) is 79.4 Å². The Morgan fingerprint density at radius 3 is 2.23 bits per heavy atom. The van der Waals surface area contributed by atoms with Crippen LogP contribution in [0.3, 0.4) is 0 Å². The summed E-state index contributed by atoms with van der Waals surface area (Å²) >= 11 is 0. The second kappa shape index (κ2) is 13.2. The lowest BCUT2D eigenvalue weighted by atomic mass is 9.89. The van der Waals surface area contributed by atoms with E-state index in [2.05, 4.69) is 20.7 Å². The predicted molar refractivity (Wildman–Crippen MR) is 133 cm³/mol. The van der Waals surface area contributed by atoms with Gasteiger partial charge < -0.3 is 4.90 Å². The minimum absolute atomic E-state index is 0. The number of rotatable bonds is 7. The van der Waals surface area contributed by atoms with Gasteiger partial charge in [-0.25, -0.2) is 8.42 Å². The van der Waals surface area contributed by atoms with Gasteiger partial charge in [0, 0.05) is 41.5 Å². The third-order valence-electron chi connectivity index (χ3n) is 5.06. The molecular weight excluding hydrogens is 481 g/mol. The van der Waals surface area contributed by atoms with Crippen molar-refractivity contribution < 1.29 is 13.2 Å². The van der Waals surface area contributed by atoms with Gasteiger partial charge in [-0.05, 0) is 69.3 Å². The Morgan fingerprint density at radius 1 is 1.06 bits per heavy atom. The molecule has 3 rings (SSSR count). The fourth-order valence-electron chi connectivity index (χ4n) is 3.58. The van der Waals surface area contributed by atoms with Crippen LogP contribution in [-0.4, -0.2) is 50.0 Å². The molecule has 1 aromatic carbocycles. The molecule has 1 aromatic heterocycles. The smallest absolute Gasteiger partial charge is 0.229 e. The predicted octanol–water partition coefficient (Wildman–Crippen LogP) is 4.16. The standard InChI is InChI=1S/C21H27N3O3S.3ClH/c1-16-4-3-5-19(22-16)12-15-24-13-10-18(11-14-24)21(25)17-6-8-20(9-7-17)23-28(2,26)27;;;/h3-9,18,23H,10-15H2,1-2H3;3*1H. The van der Waals surface area contributed by atoms with Crippen LogP contribution in [0.2, 0.25) is 0 Å². The van der Waals surface area contributed by atoms with Gasteiger partial charge >= 0.3 is 0 Å². The van der Waals surface area contributed by atoms with E-state index >= 15 is 0 Å². The number of aromatic nitrogens is 1. The summed E-state index contributed by atoms with van der Waals surface area (Å²) in [6.07, 6.45) is 3.73. The Kier molecular flexibility index (Phi) is 12.6. The first-order chi connectivity index (χ1) is 13.3. The molecule has 0 spiro atoms. The van der Waals surface area contributed by atoms with E-state index in [1.165, 1.54) is 0 Å². The van der Waals surface area contributed by atoms with Crippen LogP contribution in [0, 0.1) is 12.8 Å². The zero-order valence-electron chi connectivity index (χ0n) is 17.6. The van der Waals surface area contributed by atoms with E-state index < -0.39 is 10.0 Å². The fraction of sp³-hybridized carbons (Fsp3) is 0.429. The number of carbonyl (C=O) groups excluding carboxylic acids is 1. The number of piperidine rings is 1. The second-order valence-electron chi connectivity index (χ2n) is 7.45. The highest BCUT2D eigenvalue weighted by Crippen LogP contribution is 2.23. The van der Waals surface area contributed by atoms with Crippen molar-refractivity contribution >= 4 is 58.7 Å². The number of hydrogen-bond donors (Lipinski definition) is 1. The number of anilines is 1. The van der Waals surface area contributed by atoms with E-state index in [1.807, 2.05) is 19.1 Å². The molecule has 1 fully saturated rings. The normalized spacial score (nSPS) is 14.5. The zero-order chi connectivity index (χ0) is 20.1. The lowest BCUT2D eigenvalue weighted by Gasteiger charge is -2.31. The van der Waals surface area contributed by atoms with Crippen LogP contribution in [0.5, 0.6) is 0 Å². The van der Waals surface area contributed by atoms with Crippen LogP contribution in [0.4, 0.5) is 5.69 Å². The molecule has 2 aromatic rings. The highest BCUT2D eigenvalue weighted by Gasteiger charge is 2.25. The molecule has 0 bridgehead atoms. The number of nitrogens with zero attached hydrogens (tertiary/aromatic N) is 2. The van der Waals surface area contributed by atoms with E-state index in [1.54, 1.807) is 24.3 Å². The van der Waals surface area contributed by atoms with Gasteiger partial charge in [-0.2, -0.15) is 0 Å². The number of aryl methyl sites for hydroxylation is 1. The van der Waals surface area contributed by atoms with Gasteiger partial charge in [0.25, 0.3) is 0 Å². The molecule has 0 amide bonds. The van der Waals surface area contributed by atoms with Gasteiger partial charge in [0.1, 0.15) is 0 Å². The van der Waals surface area contributed by atoms with E-state index in [0.29, 0.717) is 11.3 Å². The van der Waals surface area contributed by atoms with E-state index in [9.17, 15) is 13.2 Å². The molecule has 31 heavy (non-hydrogen) atoms. The summed E-state index contributed by atoms with van der Waals surface area (Å²) in [5.41, 5.74) is 3.26. The summed E-state index contributed by atoms with van der Waals surface area (Å²) in [7, 11) is -3.31. The number of hydrogen-bond acceptors (Lipinski definition) is 5. The number of sulfonamides is 1. The van der Waals surface area contributed by atoms with E-state index in [-0.39, 0.29) is 48.9 Å². The van der Waals surface area contributed by atoms with Crippen LogP contribution in [-0.2, 0) is 16.4 Å². The summed E-state index contributed by atoms with van der Waals surface area (Å²) in [5, 5.41) is 0. The molecule has 174 valence electrons. The van der Waals surface area contributed by atoms with Crippen LogP contribution >= 0.6 is 37.2 Å². The summed E-state index contributed by atoms with van der Waals surface area (Å²) in [5.74, 6) is 0.174. The molecule has 2 heterocycles. The molecule has 0 unspecified atom stereocenters. The molecule has 1 saturated heterocycles. The van der Waals surface area contributed by atoms with E-state index in [0.717, 1.165) is 56.5 Å². The number of ketones is 1. The molecule has 6 nitrogen and oxygen atoms in total. The van der Waals surface area contributed by atoms with Crippen molar-refractivity contribution in [2.45, 2.75) is 26.2 Å². The monoisotopic (exact) mass is 509 g/mol. The number of carbonyl (C=O) groups is 1. The molecule has 10 heteroatoms. The van der Waals surface area contributed by atoms with Gasteiger partial charge in [-0.15, -0.1) is 37.2 Å². The first kappa shape index (κ1) is 29.6. The van der Waals surface area contributed by atoms with Crippen molar-refractivity contribution in [3.63, 3.8) is 0 Å². The van der Waals surface area contributed by atoms with Gasteiger partial charge in [0.15, 0.2) is 5.78 Å². The highest BCUT2D eigenvalue weighted by atomic mass is 35.5. The maximum Gasteiger partial charge on any atom is 0.229 e. The van der Waals surface area contributed by atoms with Gasteiger partial charge in [0.2, 0.25) is 10.0 Å². The second-order valence-corrected chi connectivity index (χ2v) is 9.20. The van der Waals surface area contributed by atoms with Gasteiger partial charge in [0.05, 0.1) is 6.26 Å². The molecule has 0 aliphatic carbocycles. The van der Waals surface area contributed by atoms with Crippen LogP contribution in [0.15, 0.2) is 42.5 Å². The van der Waals surface area contributed by atoms with E-state index in [4.69, 9.17) is 0 Å². The maximum atomic E-state index is 12.8. The van der Waals surface area contributed by atoms with Crippen molar-refractivity contribution in [1.29, 1.82) is 0 Å². The molecular formula is C21H30Cl3N3O3S. The molecule has 1 aliphatic heterocycles. The largest absolute Gasteiger partial charge is 0.303 e. The first-order valence-electron chi connectivity index (χ1n) is 9.57. The Labute approximate surface area is 203 Å². The van der Waals surface area contributed by atoms with Crippen LogP contribution < -0.4 is 4.72 Å². The Balaban J connectivity index is 0.00000300. The van der Waals surface area contributed by atoms with Crippen molar-refractivity contribution in [2.75, 3.05) is 30.6 Å². The van der Waals surface area contributed by atoms with Crippen molar-refractivity contribution in [2.24, 2.45) is 5.92 Å².